The summed E-state index contributed by atoms with van der Waals surface area (Å²) >= 11 is 18.1. The Hall–Kier alpha value is -2.31. The summed E-state index contributed by atoms with van der Waals surface area (Å²) in [5.74, 6) is -0.870. The number of pyridine rings is 1. The van der Waals surface area contributed by atoms with Gasteiger partial charge in [-0.3, -0.25) is 0 Å². The topological polar surface area (TPSA) is 71.5 Å². The fourth-order valence-corrected chi connectivity index (χ4v) is 3.76. The van der Waals surface area contributed by atoms with E-state index in [4.69, 9.17) is 39.5 Å². The van der Waals surface area contributed by atoms with E-state index >= 15 is 0 Å². The molecule has 8 heteroatoms. The second kappa shape index (κ2) is 8.82. The van der Waals surface area contributed by atoms with Gasteiger partial charge >= 0.3 is 5.97 Å². The van der Waals surface area contributed by atoms with E-state index in [2.05, 4.69) is 10.3 Å². The average Bonchev–Trinajstić information content (AvgIpc) is 2.76. The van der Waals surface area contributed by atoms with Gasteiger partial charge in [-0.25, -0.2) is 9.78 Å². The first kappa shape index (κ1) is 22.4. The molecule has 3 aromatic rings. The molecule has 0 spiro atoms. The van der Waals surface area contributed by atoms with Crippen LogP contribution in [0.5, 0.6) is 0 Å². The Labute approximate surface area is 189 Å². The molecule has 0 radical (unpaired) electrons. The molecule has 156 valence electrons. The predicted molar refractivity (Wildman–Crippen MR) is 119 cm³/mol. The molecule has 0 amide bonds. The highest BCUT2D eigenvalue weighted by atomic mass is 35.5. The number of methoxy groups -OCH3 is 1. The zero-order valence-corrected chi connectivity index (χ0v) is 18.5. The summed E-state index contributed by atoms with van der Waals surface area (Å²) in [6.45, 7) is 1.69. The zero-order valence-electron chi connectivity index (χ0n) is 16.2. The summed E-state index contributed by atoms with van der Waals surface area (Å²) in [7, 11) is 1.21. The molecule has 0 saturated carbocycles. The van der Waals surface area contributed by atoms with Gasteiger partial charge in [0.2, 0.25) is 5.60 Å². The minimum atomic E-state index is -2.17. The van der Waals surface area contributed by atoms with Crippen molar-refractivity contribution in [3.05, 3.63) is 93.2 Å². The number of halogens is 3. The van der Waals surface area contributed by atoms with Gasteiger partial charge in [0, 0.05) is 17.4 Å². The van der Waals surface area contributed by atoms with Crippen LogP contribution < -0.4 is 5.32 Å². The largest absolute Gasteiger partial charge is 0.467 e. The van der Waals surface area contributed by atoms with E-state index < -0.39 is 17.1 Å². The number of esters is 1. The number of aromatic nitrogens is 1. The summed E-state index contributed by atoms with van der Waals surface area (Å²) < 4.78 is 5.01. The van der Waals surface area contributed by atoms with Crippen LogP contribution in [0.1, 0.15) is 18.1 Å². The van der Waals surface area contributed by atoms with E-state index in [0.29, 0.717) is 21.3 Å². The number of hydrogen-bond donors (Lipinski definition) is 2. The van der Waals surface area contributed by atoms with E-state index in [1.165, 1.54) is 25.4 Å². The first-order chi connectivity index (χ1) is 14.2. The lowest BCUT2D eigenvalue weighted by Crippen LogP contribution is -2.57. The quantitative estimate of drug-likeness (QED) is 0.375. The second-order valence-electron chi connectivity index (χ2n) is 6.82. The van der Waals surface area contributed by atoms with Gasteiger partial charge in [0.1, 0.15) is 10.7 Å². The van der Waals surface area contributed by atoms with Crippen LogP contribution in [0, 0.1) is 0 Å². The molecular weight excluding hydrogens is 447 g/mol. The Kier molecular flexibility index (Phi) is 6.58. The number of nitrogens with one attached hydrogen (secondary N) is 1. The number of ether oxygens (including phenoxy) is 1. The Morgan fingerprint density at radius 2 is 1.70 bits per heavy atom. The van der Waals surface area contributed by atoms with E-state index in [0.717, 1.165) is 0 Å². The molecule has 0 fully saturated rings. The molecule has 2 N–H and O–H groups in total. The van der Waals surface area contributed by atoms with Crippen LogP contribution in [0.2, 0.25) is 15.2 Å². The monoisotopic (exact) mass is 464 g/mol. The highest BCUT2D eigenvalue weighted by Gasteiger charge is 2.56. The number of carbonyl (C=O) groups excluding carboxylic acids is 1. The molecule has 0 bridgehead atoms. The number of rotatable bonds is 6. The standard InChI is InChI=1S/C22H19Cl3N2O3/c1-21(14-6-4-3-5-7-14,27-16-9-10-17(23)18(24)12-16)22(29,20(28)30-2)15-8-11-19(25)26-13-15/h3-13,27,29H,1-2H3/t21-,22+/m0/s1. The van der Waals surface area contributed by atoms with Crippen LogP contribution >= 0.6 is 34.8 Å². The van der Waals surface area contributed by atoms with Crippen molar-refractivity contribution in [2.75, 3.05) is 12.4 Å². The zero-order chi connectivity index (χ0) is 21.9. The summed E-state index contributed by atoms with van der Waals surface area (Å²) in [5, 5.41) is 16.1. The summed E-state index contributed by atoms with van der Waals surface area (Å²) in [6, 6.07) is 17.0. The van der Waals surface area contributed by atoms with Crippen molar-refractivity contribution in [2.24, 2.45) is 0 Å². The van der Waals surface area contributed by atoms with Crippen LogP contribution in [0.25, 0.3) is 0 Å². The van der Waals surface area contributed by atoms with Crippen molar-refractivity contribution in [1.82, 2.24) is 4.98 Å². The van der Waals surface area contributed by atoms with Crippen molar-refractivity contribution in [2.45, 2.75) is 18.1 Å². The molecule has 3 rings (SSSR count). The normalized spacial score (nSPS) is 15.0. The lowest BCUT2D eigenvalue weighted by molar-refractivity contribution is -0.171. The maximum Gasteiger partial charge on any atom is 0.345 e. The number of anilines is 1. The molecule has 1 aromatic heterocycles. The smallest absolute Gasteiger partial charge is 0.345 e. The maximum atomic E-state index is 13.0. The van der Waals surface area contributed by atoms with Crippen LogP contribution in [0.4, 0.5) is 5.69 Å². The molecule has 0 aliphatic rings. The third-order valence-electron chi connectivity index (χ3n) is 5.01. The number of hydrogen-bond acceptors (Lipinski definition) is 5. The van der Waals surface area contributed by atoms with Crippen molar-refractivity contribution < 1.29 is 14.6 Å². The molecule has 2 atom stereocenters. The van der Waals surface area contributed by atoms with Gasteiger partial charge in [-0.2, -0.15) is 0 Å². The molecule has 0 aliphatic carbocycles. The van der Waals surface area contributed by atoms with E-state index in [1.807, 2.05) is 18.2 Å². The van der Waals surface area contributed by atoms with Crippen molar-refractivity contribution in [3.63, 3.8) is 0 Å². The van der Waals surface area contributed by atoms with Crippen molar-refractivity contribution in [3.8, 4) is 0 Å². The molecule has 5 nitrogen and oxygen atoms in total. The molecule has 30 heavy (non-hydrogen) atoms. The molecule has 0 aliphatic heterocycles. The average molecular weight is 466 g/mol. The van der Waals surface area contributed by atoms with Gasteiger partial charge in [-0.05, 0) is 36.8 Å². The van der Waals surface area contributed by atoms with E-state index in [1.54, 1.807) is 37.3 Å². The first-order valence-electron chi connectivity index (χ1n) is 8.94. The number of nitrogens with zero attached hydrogens (tertiary/aromatic N) is 1. The van der Waals surface area contributed by atoms with Crippen molar-refractivity contribution >= 4 is 46.5 Å². The van der Waals surface area contributed by atoms with Gasteiger partial charge < -0.3 is 15.2 Å². The van der Waals surface area contributed by atoms with E-state index in [9.17, 15) is 9.90 Å². The predicted octanol–water partition coefficient (Wildman–Crippen LogP) is 5.43. The third-order valence-corrected chi connectivity index (χ3v) is 5.98. The Bertz CT molecular complexity index is 1050. The lowest BCUT2D eigenvalue weighted by atomic mass is 9.72. The Morgan fingerprint density at radius 1 is 1.00 bits per heavy atom. The Balaban J connectivity index is 2.26. The van der Waals surface area contributed by atoms with Crippen LogP contribution in [0.15, 0.2) is 66.9 Å². The number of benzene rings is 2. The highest BCUT2D eigenvalue weighted by molar-refractivity contribution is 6.42. The fraction of sp³-hybridized carbons (Fsp3) is 0.182. The maximum absolute atomic E-state index is 13.0. The number of aliphatic hydroxyl groups is 1. The van der Waals surface area contributed by atoms with Gasteiger partial charge in [0.25, 0.3) is 0 Å². The Morgan fingerprint density at radius 3 is 2.27 bits per heavy atom. The van der Waals surface area contributed by atoms with Crippen LogP contribution in [-0.2, 0) is 20.7 Å². The minimum absolute atomic E-state index is 0.206. The minimum Gasteiger partial charge on any atom is -0.467 e. The fourth-order valence-electron chi connectivity index (χ4n) is 3.35. The molecule has 2 aromatic carbocycles. The van der Waals surface area contributed by atoms with Gasteiger partial charge in [-0.15, -0.1) is 0 Å². The summed E-state index contributed by atoms with van der Waals surface area (Å²) in [5.41, 5.74) is -2.20. The molecular formula is C22H19Cl3N2O3. The van der Waals surface area contributed by atoms with E-state index in [-0.39, 0.29) is 10.7 Å². The van der Waals surface area contributed by atoms with Gasteiger partial charge in [0.15, 0.2) is 0 Å². The highest BCUT2D eigenvalue weighted by Crippen LogP contribution is 2.44. The third kappa shape index (κ3) is 3.98. The first-order valence-corrected chi connectivity index (χ1v) is 10.1. The SMILES string of the molecule is COC(=O)[C@](O)(c1ccc(Cl)nc1)[C@@](C)(Nc1ccc(Cl)c(Cl)c1)c1ccccc1. The lowest BCUT2D eigenvalue weighted by Gasteiger charge is -2.44. The molecule has 1 heterocycles. The molecule has 0 unspecified atom stereocenters. The van der Waals surface area contributed by atoms with Gasteiger partial charge in [-0.1, -0.05) is 71.2 Å². The second-order valence-corrected chi connectivity index (χ2v) is 8.02. The molecule has 0 saturated heterocycles. The summed E-state index contributed by atoms with van der Waals surface area (Å²) in [6.07, 6.45) is 1.34. The number of carbonyl (C=O) groups is 1. The summed E-state index contributed by atoms with van der Waals surface area (Å²) in [4.78, 5) is 17.1. The van der Waals surface area contributed by atoms with Crippen LogP contribution in [0.3, 0.4) is 0 Å². The van der Waals surface area contributed by atoms with Crippen LogP contribution in [-0.4, -0.2) is 23.2 Å². The van der Waals surface area contributed by atoms with Crippen molar-refractivity contribution in [1.29, 1.82) is 0 Å². The van der Waals surface area contributed by atoms with Gasteiger partial charge in [0.05, 0.1) is 17.2 Å².